The van der Waals surface area contributed by atoms with Crippen LogP contribution in [0.2, 0.25) is 0 Å². The lowest BCUT2D eigenvalue weighted by Gasteiger charge is -2.15. The van der Waals surface area contributed by atoms with E-state index in [0.29, 0.717) is 5.11 Å². The molecule has 18 heavy (non-hydrogen) atoms. The molecule has 0 saturated heterocycles. The minimum Gasteiger partial charge on any atom is -0.355 e. The summed E-state index contributed by atoms with van der Waals surface area (Å²) in [6.07, 6.45) is 0. The average molecular weight is 341 g/mol. The van der Waals surface area contributed by atoms with Gasteiger partial charge in [0.15, 0.2) is 5.11 Å². The molecule has 2 rings (SSSR count). The molecule has 2 aromatic rings. The Bertz CT molecular complexity index is 526. The zero-order valence-corrected chi connectivity index (χ0v) is 13.0. The highest BCUT2D eigenvalue weighted by atomic mass is 79.9. The number of thiocarbonyl (C=S) groups is 1. The Balaban J connectivity index is 1.93. The van der Waals surface area contributed by atoms with Crippen molar-refractivity contribution in [2.45, 2.75) is 13.0 Å². The van der Waals surface area contributed by atoms with Crippen LogP contribution in [0, 0.1) is 0 Å². The highest BCUT2D eigenvalue weighted by Gasteiger charge is 2.07. The summed E-state index contributed by atoms with van der Waals surface area (Å²) in [6.45, 7) is 2.10. The fourth-order valence-electron chi connectivity index (χ4n) is 1.54. The Morgan fingerprint density at radius 2 is 2.17 bits per heavy atom. The Hall–Kier alpha value is -0.910. The quantitative estimate of drug-likeness (QED) is 0.801. The van der Waals surface area contributed by atoms with Gasteiger partial charge in [-0.2, -0.15) is 0 Å². The molecule has 0 fully saturated rings. The van der Waals surface area contributed by atoms with Gasteiger partial charge < -0.3 is 10.6 Å². The zero-order chi connectivity index (χ0) is 13.0. The molecule has 2 nitrogen and oxygen atoms in total. The Kier molecular flexibility index (Phi) is 4.74. The Morgan fingerprint density at radius 1 is 1.33 bits per heavy atom. The lowest BCUT2D eigenvalue weighted by Crippen LogP contribution is -2.30. The SMILES string of the molecule is C[C@H](NC(=S)Nc1cccc(Br)c1)c1cccs1. The summed E-state index contributed by atoms with van der Waals surface area (Å²) < 4.78 is 1.03. The summed E-state index contributed by atoms with van der Waals surface area (Å²) in [6, 6.07) is 12.3. The van der Waals surface area contributed by atoms with Crippen LogP contribution >= 0.6 is 39.5 Å². The summed E-state index contributed by atoms with van der Waals surface area (Å²) >= 11 is 10.5. The second kappa shape index (κ2) is 6.31. The number of hydrogen-bond acceptors (Lipinski definition) is 2. The fourth-order valence-corrected chi connectivity index (χ4v) is 2.97. The minimum atomic E-state index is 0.220. The highest BCUT2D eigenvalue weighted by molar-refractivity contribution is 9.10. The van der Waals surface area contributed by atoms with Crippen LogP contribution in [0.5, 0.6) is 0 Å². The topological polar surface area (TPSA) is 24.1 Å². The first-order chi connectivity index (χ1) is 8.65. The number of thiophene rings is 1. The molecule has 0 radical (unpaired) electrons. The molecule has 94 valence electrons. The normalized spacial score (nSPS) is 11.9. The number of anilines is 1. The van der Waals surface area contributed by atoms with Crippen molar-refractivity contribution in [3.05, 3.63) is 51.1 Å². The van der Waals surface area contributed by atoms with E-state index in [-0.39, 0.29) is 6.04 Å². The summed E-state index contributed by atoms with van der Waals surface area (Å²) in [5, 5.41) is 9.14. The van der Waals surface area contributed by atoms with Crippen LogP contribution in [-0.2, 0) is 0 Å². The van der Waals surface area contributed by atoms with Crippen LogP contribution in [-0.4, -0.2) is 5.11 Å². The first-order valence-electron chi connectivity index (χ1n) is 5.51. The maximum absolute atomic E-state index is 5.30. The number of benzene rings is 1. The van der Waals surface area contributed by atoms with Crippen molar-refractivity contribution in [2.75, 3.05) is 5.32 Å². The van der Waals surface area contributed by atoms with E-state index in [9.17, 15) is 0 Å². The van der Waals surface area contributed by atoms with Gasteiger partial charge in [0.25, 0.3) is 0 Å². The molecule has 0 amide bonds. The Labute approximate surface area is 125 Å². The van der Waals surface area contributed by atoms with Crippen molar-refractivity contribution in [3.8, 4) is 0 Å². The second-order valence-electron chi connectivity index (χ2n) is 3.85. The average Bonchev–Trinajstić information content (AvgIpc) is 2.81. The molecule has 0 aliphatic heterocycles. The van der Waals surface area contributed by atoms with E-state index in [1.807, 2.05) is 30.3 Å². The van der Waals surface area contributed by atoms with Gasteiger partial charge in [-0.15, -0.1) is 11.3 Å². The molecule has 1 aromatic heterocycles. The van der Waals surface area contributed by atoms with Crippen molar-refractivity contribution in [2.24, 2.45) is 0 Å². The number of halogens is 1. The summed E-state index contributed by atoms with van der Waals surface area (Å²) in [5.41, 5.74) is 0.972. The van der Waals surface area contributed by atoms with Gasteiger partial charge in [0, 0.05) is 15.0 Å². The molecule has 0 unspecified atom stereocenters. The first kappa shape index (κ1) is 13.5. The predicted molar refractivity (Wildman–Crippen MR) is 86.2 cm³/mol. The van der Waals surface area contributed by atoms with Gasteiger partial charge in [-0.25, -0.2) is 0 Å². The van der Waals surface area contributed by atoms with E-state index in [1.54, 1.807) is 11.3 Å². The number of nitrogens with one attached hydrogen (secondary N) is 2. The lowest BCUT2D eigenvalue weighted by molar-refractivity contribution is 0.737. The van der Waals surface area contributed by atoms with E-state index in [1.165, 1.54) is 4.88 Å². The van der Waals surface area contributed by atoms with Gasteiger partial charge in [0.1, 0.15) is 0 Å². The molecule has 2 N–H and O–H groups in total. The van der Waals surface area contributed by atoms with E-state index in [4.69, 9.17) is 12.2 Å². The molecule has 0 aliphatic carbocycles. The van der Waals surface area contributed by atoms with Crippen LogP contribution in [0.1, 0.15) is 17.8 Å². The van der Waals surface area contributed by atoms with Crippen LogP contribution in [0.25, 0.3) is 0 Å². The number of rotatable bonds is 3. The third-order valence-corrected chi connectivity index (χ3v) is 4.17. The van der Waals surface area contributed by atoms with Crippen molar-refractivity contribution in [3.63, 3.8) is 0 Å². The van der Waals surface area contributed by atoms with Gasteiger partial charge >= 0.3 is 0 Å². The van der Waals surface area contributed by atoms with Gasteiger partial charge in [0.2, 0.25) is 0 Å². The van der Waals surface area contributed by atoms with Crippen molar-refractivity contribution < 1.29 is 0 Å². The van der Waals surface area contributed by atoms with E-state index in [0.717, 1.165) is 10.2 Å². The maximum atomic E-state index is 5.30. The third-order valence-electron chi connectivity index (χ3n) is 2.40. The molecular formula is C13H13BrN2S2. The molecule has 1 aromatic carbocycles. The Morgan fingerprint density at radius 3 is 2.83 bits per heavy atom. The summed E-state index contributed by atoms with van der Waals surface area (Å²) in [7, 11) is 0. The van der Waals surface area contributed by atoms with E-state index in [2.05, 4.69) is 44.9 Å². The standard InChI is InChI=1S/C13H13BrN2S2/c1-9(12-6-3-7-18-12)15-13(17)16-11-5-2-4-10(14)8-11/h2-9H,1H3,(H2,15,16,17)/t9-/m0/s1. The fraction of sp³-hybridized carbons (Fsp3) is 0.154. The molecular weight excluding hydrogens is 328 g/mol. The van der Waals surface area contributed by atoms with Gasteiger partial charge in [-0.05, 0) is 48.8 Å². The van der Waals surface area contributed by atoms with E-state index >= 15 is 0 Å². The van der Waals surface area contributed by atoms with Crippen LogP contribution in [0.4, 0.5) is 5.69 Å². The third kappa shape index (κ3) is 3.80. The molecule has 1 atom stereocenters. The second-order valence-corrected chi connectivity index (χ2v) is 6.15. The molecule has 0 bridgehead atoms. The minimum absolute atomic E-state index is 0.220. The molecule has 0 spiro atoms. The maximum Gasteiger partial charge on any atom is 0.171 e. The van der Waals surface area contributed by atoms with Crippen molar-refractivity contribution in [1.29, 1.82) is 0 Å². The molecule has 0 aliphatic rings. The van der Waals surface area contributed by atoms with Crippen molar-refractivity contribution in [1.82, 2.24) is 5.32 Å². The highest BCUT2D eigenvalue weighted by Crippen LogP contribution is 2.19. The van der Waals surface area contributed by atoms with Crippen LogP contribution < -0.4 is 10.6 Å². The molecule has 0 saturated carbocycles. The first-order valence-corrected chi connectivity index (χ1v) is 7.60. The summed E-state index contributed by atoms with van der Waals surface area (Å²) in [4.78, 5) is 1.27. The van der Waals surface area contributed by atoms with Crippen LogP contribution in [0.15, 0.2) is 46.3 Å². The molecule has 5 heteroatoms. The molecule has 1 heterocycles. The van der Waals surface area contributed by atoms with Gasteiger partial charge in [0.05, 0.1) is 6.04 Å². The van der Waals surface area contributed by atoms with E-state index < -0.39 is 0 Å². The monoisotopic (exact) mass is 340 g/mol. The van der Waals surface area contributed by atoms with Crippen molar-refractivity contribution >= 4 is 50.3 Å². The largest absolute Gasteiger partial charge is 0.355 e. The van der Waals surface area contributed by atoms with Gasteiger partial charge in [-0.3, -0.25) is 0 Å². The predicted octanol–water partition coefficient (Wildman–Crippen LogP) is 4.56. The van der Waals surface area contributed by atoms with Crippen LogP contribution in [0.3, 0.4) is 0 Å². The smallest absolute Gasteiger partial charge is 0.171 e. The lowest BCUT2D eigenvalue weighted by atomic mass is 10.3. The van der Waals surface area contributed by atoms with Gasteiger partial charge in [-0.1, -0.05) is 28.1 Å². The summed E-state index contributed by atoms with van der Waals surface area (Å²) in [5.74, 6) is 0. The zero-order valence-electron chi connectivity index (χ0n) is 9.81. The number of hydrogen-bond donors (Lipinski definition) is 2.